The maximum Gasteiger partial charge on any atom is 0.293 e. The SMILES string of the molecule is CCCOCCCNc1cc(F)c(I)cc1[N+](=O)[O-]. The molecule has 0 heterocycles. The molecule has 1 aromatic rings. The molecule has 0 unspecified atom stereocenters. The molecule has 106 valence electrons. The van der Waals surface area contributed by atoms with Crippen molar-refractivity contribution in [2.24, 2.45) is 0 Å². The average molecular weight is 382 g/mol. The van der Waals surface area contributed by atoms with Gasteiger partial charge in [-0.15, -0.1) is 0 Å². The molecule has 0 bridgehead atoms. The van der Waals surface area contributed by atoms with Crippen molar-refractivity contribution < 1.29 is 14.1 Å². The van der Waals surface area contributed by atoms with Crippen LogP contribution in [-0.2, 0) is 4.74 Å². The normalized spacial score (nSPS) is 10.5. The Labute approximate surface area is 124 Å². The Morgan fingerprint density at radius 1 is 1.47 bits per heavy atom. The van der Waals surface area contributed by atoms with Gasteiger partial charge in [-0.05, 0) is 35.4 Å². The molecular weight excluding hydrogens is 366 g/mol. The maximum absolute atomic E-state index is 13.4. The summed E-state index contributed by atoms with van der Waals surface area (Å²) in [5.74, 6) is -0.462. The molecule has 1 rings (SSSR count). The first-order valence-electron chi connectivity index (χ1n) is 6.01. The van der Waals surface area contributed by atoms with E-state index in [1.807, 2.05) is 6.92 Å². The van der Waals surface area contributed by atoms with E-state index < -0.39 is 10.7 Å². The van der Waals surface area contributed by atoms with Crippen molar-refractivity contribution in [1.29, 1.82) is 0 Å². The molecule has 5 nitrogen and oxygen atoms in total. The van der Waals surface area contributed by atoms with Gasteiger partial charge in [-0.25, -0.2) is 4.39 Å². The molecule has 19 heavy (non-hydrogen) atoms. The second kappa shape index (κ2) is 8.26. The number of hydrogen-bond acceptors (Lipinski definition) is 4. The third-order valence-corrected chi connectivity index (χ3v) is 3.19. The molecule has 1 N–H and O–H groups in total. The van der Waals surface area contributed by atoms with E-state index in [1.165, 1.54) is 6.07 Å². The van der Waals surface area contributed by atoms with E-state index in [0.717, 1.165) is 12.5 Å². The lowest BCUT2D eigenvalue weighted by molar-refractivity contribution is -0.384. The average Bonchev–Trinajstić information content (AvgIpc) is 2.37. The van der Waals surface area contributed by atoms with E-state index in [2.05, 4.69) is 5.32 Å². The van der Waals surface area contributed by atoms with Crippen LogP contribution in [0.5, 0.6) is 0 Å². The van der Waals surface area contributed by atoms with Gasteiger partial charge in [-0.3, -0.25) is 10.1 Å². The van der Waals surface area contributed by atoms with Crippen molar-refractivity contribution in [2.75, 3.05) is 25.1 Å². The number of hydrogen-bond donors (Lipinski definition) is 1. The molecule has 1 aromatic carbocycles. The smallest absolute Gasteiger partial charge is 0.293 e. The van der Waals surface area contributed by atoms with Gasteiger partial charge < -0.3 is 10.1 Å². The minimum Gasteiger partial charge on any atom is -0.381 e. The second-order valence-electron chi connectivity index (χ2n) is 3.93. The minimum absolute atomic E-state index is 0.111. The first-order valence-corrected chi connectivity index (χ1v) is 7.09. The van der Waals surface area contributed by atoms with Gasteiger partial charge in [0.1, 0.15) is 11.5 Å². The molecule has 0 aromatic heterocycles. The predicted molar refractivity (Wildman–Crippen MR) is 80.0 cm³/mol. The van der Waals surface area contributed by atoms with Gasteiger partial charge in [0, 0.05) is 31.9 Å². The van der Waals surface area contributed by atoms with Gasteiger partial charge in [0.2, 0.25) is 0 Å². The van der Waals surface area contributed by atoms with Crippen molar-refractivity contribution in [2.45, 2.75) is 19.8 Å². The van der Waals surface area contributed by atoms with E-state index in [-0.39, 0.29) is 14.9 Å². The van der Waals surface area contributed by atoms with Crippen LogP contribution >= 0.6 is 22.6 Å². The number of halogens is 2. The summed E-state index contributed by atoms with van der Waals surface area (Å²) in [6.45, 7) is 3.82. The zero-order chi connectivity index (χ0) is 14.3. The standard InChI is InChI=1S/C12H16FIN2O3/c1-2-5-19-6-3-4-15-11-7-9(13)10(14)8-12(11)16(17)18/h7-8,15H,2-6H2,1H3. The van der Waals surface area contributed by atoms with Crippen LogP contribution < -0.4 is 5.32 Å². The van der Waals surface area contributed by atoms with Crippen molar-refractivity contribution in [3.63, 3.8) is 0 Å². The number of nitrogens with one attached hydrogen (secondary N) is 1. The summed E-state index contributed by atoms with van der Waals surface area (Å²) in [4.78, 5) is 10.4. The molecule has 0 spiro atoms. The lowest BCUT2D eigenvalue weighted by Gasteiger charge is -2.08. The lowest BCUT2D eigenvalue weighted by Crippen LogP contribution is -2.08. The number of anilines is 1. The quantitative estimate of drug-likeness (QED) is 0.323. The summed E-state index contributed by atoms with van der Waals surface area (Å²) < 4.78 is 18.9. The van der Waals surface area contributed by atoms with Gasteiger partial charge in [0.15, 0.2) is 0 Å². The van der Waals surface area contributed by atoms with Gasteiger partial charge >= 0.3 is 0 Å². The molecule has 0 aliphatic rings. The summed E-state index contributed by atoms with van der Waals surface area (Å²) in [6.07, 6.45) is 1.67. The summed E-state index contributed by atoms with van der Waals surface area (Å²) >= 11 is 1.73. The van der Waals surface area contributed by atoms with E-state index in [1.54, 1.807) is 22.6 Å². The predicted octanol–water partition coefficient (Wildman–Crippen LogP) is 3.57. The zero-order valence-corrected chi connectivity index (χ0v) is 12.8. The minimum atomic E-state index is -0.516. The van der Waals surface area contributed by atoms with Gasteiger partial charge in [0.05, 0.1) is 8.49 Å². The molecule has 0 aliphatic carbocycles. The van der Waals surface area contributed by atoms with Crippen molar-refractivity contribution in [3.05, 3.63) is 31.6 Å². The van der Waals surface area contributed by atoms with Crippen molar-refractivity contribution in [3.8, 4) is 0 Å². The molecule has 7 heteroatoms. The van der Waals surface area contributed by atoms with Crippen LogP contribution in [-0.4, -0.2) is 24.7 Å². The number of rotatable bonds is 8. The fourth-order valence-electron chi connectivity index (χ4n) is 1.47. The fraction of sp³-hybridized carbons (Fsp3) is 0.500. The fourth-order valence-corrected chi connectivity index (χ4v) is 1.92. The highest BCUT2D eigenvalue weighted by molar-refractivity contribution is 14.1. The van der Waals surface area contributed by atoms with Crippen LogP contribution in [0.4, 0.5) is 15.8 Å². The number of nitro groups is 1. The molecule has 0 radical (unpaired) electrons. The Balaban J connectivity index is 2.57. The topological polar surface area (TPSA) is 64.4 Å². The number of benzene rings is 1. The van der Waals surface area contributed by atoms with Crippen LogP contribution in [0, 0.1) is 19.5 Å². The molecular formula is C12H16FIN2O3. The maximum atomic E-state index is 13.4. The lowest BCUT2D eigenvalue weighted by atomic mass is 10.2. The second-order valence-corrected chi connectivity index (χ2v) is 5.10. The Bertz CT molecular complexity index is 443. The summed E-state index contributed by atoms with van der Waals surface area (Å²) in [5, 5.41) is 13.7. The summed E-state index contributed by atoms with van der Waals surface area (Å²) in [7, 11) is 0. The zero-order valence-electron chi connectivity index (χ0n) is 10.6. The number of nitro benzene ring substituents is 1. The first-order chi connectivity index (χ1) is 9.06. The molecule has 0 saturated heterocycles. The molecule has 0 aliphatic heterocycles. The van der Waals surface area contributed by atoms with E-state index in [9.17, 15) is 14.5 Å². The third-order valence-electron chi connectivity index (χ3n) is 2.36. The highest BCUT2D eigenvalue weighted by atomic mass is 127. The van der Waals surface area contributed by atoms with Gasteiger partial charge in [0.25, 0.3) is 5.69 Å². The van der Waals surface area contributed by atoms with E-state index in [0.29, 0.717) is 26.2 Å². The van der Waals surface area contributed by atoms with Crippen LogP contribution in [0.1, 0.15) is 19.8 Å². The Morgan fingerprint density at radius 3 is 2.84 bits per heavy atom. The Kier molecular flexibility index (Phi) is 7.00. The third kappa shape index (κ3) is 5.27. The molecule has 0 atom stereocenters. The highest BCUT2D eigenvalue weighted by Crippen LogP contribution is 2.28. The van der Waals surface area contributed by atoms with Crippen LogP contribution in [0.15, 0.2) is 12.1 Å². The summed E-state index contributed by atoms with van der Waals surface area (Å²) in [5.41, 5.74) is 0.0960. The van der Waals surface area contributed by atoms with Gasteiger partial charge in [-0.1, -0.05) is 6.92 Å². The monoisotopic (exact) mass is 382 g/mol. The largest absolute Gasteiger partial charge is 0.381 e. The molecule has 0 saturated carbocycles. The summed E-state index contributed by atoms with van der Waals surface area (Å²) in [6, 6.07) is 2.39. The van der Waals surface area contributed by atoms with Crippen molar-refractivity contribution >= 4 is 34.0 Å². The highest BCUT2D eigenvalue weighted by Gasteiger charge is 2.16. The van der Waals surface area contributed by atoms with Crippen molar-refractivity contribution in [1.82, 2.24) is 0 Å². The molecule has 0 fully saturated rings. The van der Waals surface area contributed by atoms with E-state index >= 15 is 0 Å². The van der Waals surface area contributed by atoms with Crippen LogP contribution in [0.2, 0.25) is 0 Å². The first kappa shape index (κ1) is 16.1. The number of ether oxygens (including phenoxy) is 1. The van der Waals surface area contributed by atoms with Crippen LogP contribution in [0.3, 0.4) is 0 Å². The van der Waals surface area contributed by atoms with E-state index in [4.69, 9.17) is 4.74 Å². The van der Waals surface area contributed by atoms with Gasteiger partial charge in [-0.2, -0.15) is 0 Å². The van der Waals surface area contributed by atoms with Crippen LogP contribution in [0.25, 0.3) is 0 Å². The number of nitrogens with zero attached hydrogens (tertiary/aromatic N) is 1. The Hall–Kier alpha value is -0.960. The Morgan fingerprint density at radius 2 is 2.21 bits per heavy atom. The molecule has 0 amide bonds.